The van der Waals surface area contributed by atoms with Gasteiger partial charge in [0.15, 0.2) is 17.4 Å². The average molecular weight is 448 g/mol. The fraction of sp³-hybridized carbons (Fsp3) is 0.200. The van der Waals surface area contributed by atoms with E-state index >= 15 is 0 Å². The van der Waals surface area contributed by atoms with Gasteiger partial charge in [0, 0.05) is 28.3 Å². The molecule has 0 fully saturated rings. The summed E-state index contributed by atoms with van der Waals surface area (Å²) in [5, 5.41) is 3.22. The summed E-state index contributed by atoms with van der Waals surface area (Å²) >= 11 is 0. The fourth-order valence-electron chi connectivity index (χ4n) is 3.66. The van der Waals surface area contributed by atoms with Crippen LogP contribution in [0.15, 0.2) is 45.8 Å². The Balaban J connectivity index is 1.74. The molecule has 1 atom stereocenters. The normalized spacial score (nSPS) is 20.2. The number of benzene rings is 2. The molecule has 0 bridgehead atoms. The lowest BCUT2D eigenvalue weighted by Crippen LogP contribution is -2.49. The van der Waals surface area contributed by atoms with E-state index in [1.807, 2.05) is 4.72 Å². The molecule has 0 spiro atoms. The Hall–Kier alpha value is -3.47. The van der Waals surface area contributed by atoms with E-state index in [2.05, 4.69) is 10.3 Å². The van der Waals surface area contributed by atoms with Crippen molar-refractivity contribution in [1.29, 1.82) is 0 Å². The quantitative estimate of drug-likeness (QED) is 0.568. The van der Waals surface area contributed by atoms with Crippen LogP contribution in [-0.4, -0.2) is 26.0 Å². The molecule has 162 valence electrons. The monoisotopic (exact) mass is 448 g/mol. The minimum Gasteiger partial charge on any atom is -0.451 e. The van der Waals surface area contributed by atoms with E-state index in [-0.39, 0.29) is 17.0 Å². The van der Waals surface area contributed by atoms with E-state index in [1.54, 1.807) is 31.2 Å². The lowest BCUT2D eigenvalue weighted by atomic mass is 9.93. The molecule has 1 aliphatic rings. The van der Waals surface area contributed by atoms with Gasteiger partial charge in [0.05, 0.1) is 5.75 Å². The van der Waals surface area contributed by atoms with Gasteiger partial charge in [0.1, 0.15) is 11.1 Å². The SMILES string of the molecule is Cc1c(C(=O)Nc2cc(F)c(F)c([C@]3(C)CS(=O)(=O)NC(N)=N3)c2)oc2ccccc12. The van der Waals surface area contributed by atoms with Crippen molar-refractivity contribution < 1.29 is 26.4 Å². The first kappa shape index (κ1) is 20.8. The highest BCUT2D eigenvalue weighted by Gasteiger charge is 2.40. The van der Waals surface area contributed by atoms with Crippen LogP contribution < -0.4 is 15.8 Å². The molecule has 11 heteroatoms. The summed E-state index contributed by atoms with van der Waals surface area (Å²) in [6.07, 6.45) is 0. The van der Waals surface area contributed by atoms with Crippen LogP contribution in [0.25, 0.3) is 11.0 Å². The number of para-hydroxylation sites is 1. The highest BCUT2D eigenvalue weighted by Crippen LogP contribution is 2.34. The maximum atomic E-state index is 14.6. The topological polar surface area (TPSA) is 127 Å². The summed E-state index contributed by atoms with van der Waals surface area (Å²) in [6, 6.07) is 8.98. The summed E-state index contributed by atoms with van der Waals surface area (Å²) < 4.78 is 60.7. The van der Waals surface area contributed by atoms with E-state index in [0.29, 0.717) is 11.1 Å². The standard InChI is InChI=1S/C20H18F2N4O4S/c1-10-12-5-3-4-6-15(12)30-17(10)18(27)24-11-7-13(16(22)14(21)8-11)20(2)9-31(28,29)26-19(23)25-20/h3-8H,9H2,1-2H3,(H,24,27)(H3,23,25,26)/t20-/m0/s1. The van der Waals surface area contributed by atoms with Crippen molar-refractivity contribution >= 4 is 38.5 Å². The van der Waals surface area contributed by atoms with Crippen molar-refractivity contribution in [2.45, 2.75) is 19.4 Å². The smallest absolute Gasteiger partial charge is 0.291 e. The minimum absolute atomic E-state index is 0.0189. The molecule has 0 saturated carbocycles. The molecule has 1 aromatic heterocycles. The van der Waals surface area contributed by atoms with Crippen LogP contribution in [0.4, 0.5) is 14.5 Å². The summed E-state index contributed by atoms with van der Waals surface area (Å²) in [4.78, 5) is 16.7. The second-order valence-corrected chi connectivity index (χ2v) is 9.18. The Morgan fingerprint density at radius 2 is 2.00 bits per heavy atom. The van der Waals surface area contributed by atoms with Crippen molar-refractivity contribution in [1.82, 2.24) is 4.72 Å². The molecule has 1 amide bonds. The third kappa shape index (κ3) is 3.72. The Labute approximate surface area is 176 Å². The van der Waals surface area contributed by atoms with Crippen molar-refractivity contribution in [3.05, 3.63) is 64.9 Å². The maximum Gasteiger partial charge on any atom is 0.291 e. The molecule has 1 aliphatic heterocycles. The molecule has 3 aromatic rings. The van der Waals surface area contributed by atoms with Gasteiger partial charge >= 0.3 is 0 Å². The summed E-state index contributed by atoms with van der Waals surface area (Å²) in [5.74, 6) is -4.31. The predicted octanol–water partition coefficient (Wildman–Crippen LogP) is 2.73. The highest BCUT2D eigenvalue weighted by molar-refractivity contribution is 7.90. The number of hydrogen-bond acceptors (Lipinski definition) is 6. The Morgan fingerprint density at radius 3 is 2.68 bits per heavy atom. The molecule has 0 saturated heterocycles. The van der Waals surface area contributed by atoms with Gasteiger partial charge < -0.3 is 15.5 Å². The van der Waals surface area contributed by atoms with Crippen molar-refractivity contribution in [2.75, 3.05) is 11.1 Å². The van der Waals surface area contributed by atoms with Gasteiger partial charge in [-0.15, -0.1) is 0 Å². The van der Waals surface area contributed by atoms with Crippen LogP contribution in [0, 0.1) is 18.6 Å². The van der Waals surface area contributed by atoms with E-state index in [1.165, 1.54) is 6.92 Å². The number of fused-ring (bicyclic) bond motifs is 1. The first-order valence-electron chi connectivity index (χ1n) is 9.14. The number of nitrogens with one attached hydrogen (secondary N) is 2. The van der Waals surface area contributed by atoms with Gasteiger partial charge in [-0.2, -0.15) is 0 Å². The third-order valence-electron chi connectivity index (χ3n) is 5.01. The van der Waals surface area contributed by atoms with Gasteiger partial charge in [-0.1, -0.05) is 18.2 Å². The van der Waals surface area contributed by atoms with E-state index < -0.39 is 44.8 Å². The lowest BCUT2D eigenvalue weighted by Gasteiger charge is -2.30. The zero-order valence-electron chi connectivity index (χ0n) is 16.5. The molecule has 0 aliphatic carbocycles. The second kappa shape index (κ2) is 7.05. The first-order valence-corrected chi connectivity index (χ1v) is 10.8. The number of amides is 1. The fourth-order valence-corrected chi connectivity index (χ4v) is 5.05. The molecule has 2 aromatic carbocycles. The first-order chi connectivity index (χ1) is 14.5. The van der Waals surface area contributed by atoms with Crippen LogP contribution in [0.1, 0.15) is 28.6 Å². The summed E-state index contributed by atoms with van der Waals surface area (Å²) in [6.45, 7) is 3.01. The second-order valence-electron chi connectivity index (χ2n) is 7.46. The number of aliphatic imine (C=N–C) groups is 1. The Bertz CT molecular complexity index is 1370. The molecule has 31 heavy (non-hydrogen) atoms. The molecular formula is C20H18F2N4O4S. The number of sulfonamides is 1. The summed E-state index contributed by atoms with van der Waals surface area (Å²) in [7, 11) is -3.91. The van der Waals surface area contributed by atoms with Crippen molar-refractivity contribution in [3.63, 3.8) is 0 Å². The van der Waals surface area contributed by atoms with Gasteiger partial charge in [-0.3, -0.25) is 9.52 Å². The molecule has 4 rings (SSSR count). The number of hydrogen-bond donors (Lipinski definition) is 3. The van der Waals surface area contributed by atoms with Gasteiger partial charge in [-0.05, 0) is 26.0 Å². The number of carbonyl (C=O) groups excluding carboxylic acids is 1. The Morgan fingerprint density at radius 1 is 1.29 bits per heavy atom. The van der Waals surface area contributed by atoms with Crippen LogP contribution >= 0.6 is 0 Å². The number of anilines is 1. The zero-order chi connectivity index (χ0) is 22.6. The number of carbonyl (C=O) groups is 1. The van der Waals surface area contributed by atoms with E-state index in [9.17, 15) is 22.0 Å². The number of aryl methyl sites for hydroxylation is 1. The zero-order valence-corrected chi connectivity index (χ0v) is 17.3. The lowest BCUT2D eigenvalue weighted by molar-refractivity contribution is 0.0998. The van der Waals surface area contributed by atoms with Crippen LogP contribution in [0.5, 0.6) is 0 Å². The van der Waals surface area contributed by atoms with Crippen molar-refractivity contribution in [3.8, 4) is 0 Å². The third-order valence-corrected chi connectivity index (χ3v) is 6.48. The van der Waals surface area contributed by atoms with Crippen LogP contribution in [-0.2, 0) is 15.6 Å². The number of nitrogens with zero attached hydrogens (tertiary/aromatic N) is 1. The molecule has 0 unspecified atom stereocenters. The average Bonchev–Trinajstić information content (AvgIpc) is 2.99. The number of rotatable bonds is 3. The predicted molar refractivity (Wildman–Crippen MR) is 111 cm³/mol. The number of halogens is 2. The molecular weight excluding hydrogens is 430 g/mol. The largest absolute Gasteiger partial charge is 0.451 e. The van der Waals surface area contributed by atoms with E-state index in [4.69, 9.17) is 10.2 Å². The van der Waals surface area contributed by atoms with Gasteiger partial charge in [0.2, 0.25) is 16.0 Å². The minimum atomic E-state index is -3.91. The molecule has 4 N–H and O–H groups in total. The highest BCUT2D eigenvalue weighted by atomic mass is 32.2. The van der Waals surface area contributed by atoms with Crippen LogP contribution in [0.2, 0.25) is 0 Å². The summed E-state index contributed by atoms with van der Waals surface area (Å²) in [5.41, 5.74) is 4.46. The van der Waals surface area contributed by atoms with Crippen molar-refractivity contribution in [2.24, 2.45) is 10.7 Å². The molecule has 8 nitrogen and oxygen atoms in total. The number of guanidine groups is 1. The maximum absolute atomic E-state index is 14.6. The van der Waals surface area contributed by atoms with Gasteiger partial charge in [0.25, 0.3) is 5.91 Å². The molecule has 0 radical (unpaired) electrons. The molecule has 2 heterocycles. The number of furan rings is 1. The van der Waals surface area contributed by atoms with E-state index in [0.717, 1.165) is 17.5 Å². The van der Waals surface area contributed by atoms with Crippen LogP contribution in [0.3, 0.4) is 0 Å². The number of nitrogens with two attached hydrogens (primary N) is 1. The van der Waals surface area contributed by atoms with Gasteiger partial charge in [-0.25, -0.2) is 22.2 Å². The Kier molecular flexibility index (Phi) is 4.73.